The summed E-state index contributed by atoms with van der Waals surface area (Å²) in [6.07, 6.45) is -5.88. The Bertz CT molecular complexity index is 129. The smallest absolute Gasteiger partial charge is 0.151 e. The number of aliphatic hydroxyl groups excluding tert-OH is 4. The van der Waals surface area contributed by atoms with E-state index in [1.165, 1.54) is 6.92 Å². The summed E-state index contributed by atoms with van der Waals surface area (Å²) in [6.45, 7) is 1.24. The number of rotatable bonds is 4. The van der Waals surface area contributed by atoms with E-state index >= 15 is 0 Å². The van der Waals surface area contributed by atoms with Gasteiger partial charge in [0, 0.05) is 0 Å². The zero-order valence-corrected chi connectivity index (χ0v) is 7.31. The van der Waals surface area contributed by atoms with Crippen LogP contribution in [0, 0.1) is 0 Å². The van der Waals surface area contributed by atoms with Gasteiger partial charge >= 0.3 is 0 Å². The van der Waals surface area contributed by atoms with Crippen LogP contribution in [0.25, 0.3) is 0 Å². The van der Waals surface area contributed by atoms with E-state index < -0.39 is 24.4 Å². The molecule has 0 bridgehead atoms. The van der Waals surface area contributed by atoms with Crippen LogP contribution < -0.4 is 0 Å². The maximum Gasteiger partial charge on any atom is 0.151 e. The first kappa shape index (κ1) is 14.3. The molecule has 0 aliphatic carbocycles. The number of hydrogen-bond donors (Lipinski definition) is 4. The fourth-order valence-electron chi connectivity index (χ4n) is 0.568. The van der Waals surface area contributed by atoms with E-state index in [0.29, 0.717) is 0 Å². The van der Waals surface area contributed by atoms with Gasteiger partial charge < -0.3 is 25.2 Å². The second-order valence-electron chi connectivity index (χ2n) is 2.35. The molecule has 0 radical (unpaired) electrons. The van der Waals surface area contributed by atoms with Crippen LogP contribution in [0.4, 0.5) is 0 Å². The molecule has 0 heterocycles. The van der Waals surface area contributed by atoms with E-state index in [1.807, 2.05) is 0 Å². The molecule has 0 aromatic carbocycles. The molecule has 0 fully saturated rings. The number of carbonyl (C=O) groups excluding carboxylic acids is 1. The first-order valence-corrected chi connectivity index (χ1v) is 3.18. The summed E-state index contributed by atoms with van der Waals surface area (Å²) < 4.78 is 0. The third-order valence-electron chi connectivity index (χ3n) is 1.33. The molecule has 4 atom stereocenters. The summed E-state index contributed by atoms with van der Waals surface area (Å²) in [5.41, 5.74) is 0. The van der Waals surface area contributed by atoms with Crippen LogP contribution in [0.15, 0.2) is 0 Å². The highest BCUT2D eigenvalue weighted by atomic mass is 35.5. The Labute approximate surface area is 76.1 Å². The van der Waals surface area contributed by atoms with Crippen LogP contribution >= 0.6 is 12.4 Å². The van der Waals surface area contributed by atoms with E-state index in [4.69, 9.17) is 20.4 Å². The van der Waals surface area contributed by atoms with Crippen molar-refractivity contribution in [3.8, 4) is 0 Å². The van der Waals surface area contributed by atoms with Crippen LogP contribution in [-0.2, 0) is 4.79 Å². The van der Waals surface area contributed by atoms with Crippen LogP contribution in [0.3, 0.4) is 0 Å². The Morgan fingerprint density at radius 3 is 1.75 bits per heavy atom. The largest absolute Gasteiger partial charge is 0.391 e. The topological polar surface area (TPSA) is 98.0 Å². The third kappa shape index (κ3) is 3.99. The molecule has 0 spiro atoms. The van der Waals surface area contributed by atoms with Gasteiger partial charge in [0.05, 0.1) is 6.10 Å². The van der Waals surface area contributed by atoms with Gasteiger partial charge in [0.15, 0.2) is 6.29 Å². The highest BCUT2D eigenvalue weighted by Gasteiger charge is 2.27. The van der Waals surface area contributed by atoms with Gasteiger partial charge in [-0.3, -0.25) is 0 Å². The van der Waals surface area contributed by atoms with Crippen LogP contribution in [0.1, 0.15) is 6.92 Å². The van der Waals surface area contributed by atoms with E-state index in [9.17, 15) is 4.79 Å². The maximum atomic E-state index is 9.87. The van der Waals surface area contributed by atoms with Crippen LogP contribution in [0.2, 0.25) is 0 Å². The average Bonchev–Trinajstić information content (AvgIpc) is 2.00. The van der Waals surface area contributed by atoms with Crippen molar-refractivity contribution in [3.63, 3.8) is 0 Å². The molecular formula is C6H13ClO5. The molecule has 0 saturated carbocycles. The SMILES string of the molecule is C[C@H](O)[C@@H](O)[C@@H](O)[C@H](O)C=O.Cl. The fourth-order valence-corrected chi connectivity index (χ4v) is 0.568. The minimum atomic E-state index is -1.65. The molecule has 0 aromatic heterocycles. The first-order chi connectivity index (χ1) is 5.00. The molecule has 0 amide bonds. The highest BCUT2D eigenvalue weighted by molar-refractivity contribution is 5.85. The average molecular weight is 201 g/mol. The standard InChI is InChI=1S/C6H12O5.ClH/c1-3(8)5(10)6(11)4(9)2-7;/h2-6,8-11H,1H3;1H/t3-,4+,5+,6-;/m0./s1. The summed E-state index contributed by atoms with van der Waals surface area (Å²) in [5.74, 6) is 0. The Balaban J connectivity index is 0. The molecule has 6 heteroatoms. The van der Waals surface area contributed by atoms with Gasteiger partial charge in [0.2, 0.25) is 0 Å². The van der Waals surface area contributed by atoms with E-state index in [0.717, 1.165) is 0 Å². The number of carbonyl (C=O) groups is 1. The predicted molar refractivity (Wildman–Crippen MR) is 43.0 cm³/mol. The van der Waals surface area contributed by atoms with Crippen molar-refractivity contribution in [3.05, 3.63) is 0 Å². The lowest BCUT2D eigenvalue weighted by molar-refractivity contribution is -0.132. The van der Waals surface area contributed by atoms with Gasteiger partial charge in [-0.25, -0.2) is 0 Å². The van der Waals surface area contributed by atoms with Gasteiger partial charge in [-0.05, 0) is 6.92 Å². The first-order valence-electron chi connectivity index (χ1n) is 3.18. The van der Waals surface area contributed by atoms with Crippen molar-refractivity contribution in [1.29, 1.82) is 0 Å². The van der Waals surface area contributed by atoms with Crippen LogP contribution in [-0.4, -0.2) is 51.1 Å². The normalized spacial score (nSPS) is 20.1. The maximum absolute atomic E-state index is 9.87. The monoisotopic (exact) mass is 200 g/mol. The quantitative estimate of drug-likeness (QED) is 0.397. The van der Waals surface area contributed by atoms with Gasteiger partial charge in [0.25, 0.3) is 0 Å². The van der Waals surface area contributed by atoms with Crippen molar-refractivity contribution >= 4 is 18.7 Å². The summed E-state index contributed by atoms with van der Waals surface area (Å²) >= 11 is 0. The minimum absolute atomic E-state index is 0. The molecule has 0 aliphatic rings. The molecular weight excluding hydrogens is 188 g/mol. The van der Waals surface area contributed by atoms with Crippen molar-refractivity contribution < 1.29 is 25.2 Å². The molecule has 12 heavy (non-hydrogen) atoms. The molecule has 0 unspecified atom stereocenters. The number of hydrogen-bond acceptors (Lipinski definition) is 5. The molecule has 4 N–H and O–H groups in total. The highest BCUT2D eigenvalue weighted by Crippen LogP contribution is 2.02. The van der Waals surface area contributed by atoms with Gasteiger partial charge in [-0.2, -0.15) is 0 Å². The lowest BCUT2D eigenvalue weighted by Crippen LogP contribution is -2.43. The summed E-state index contributed by atoms with van der Waals surface area (Å²) in [5, 5.41) is 35.1. The third-order valence-corrected chi connectivity index (χ3v) is 1.33. The number of halogens is 1. The molecule has 74 valence electrons. The Kier molecular flexibility index (Phi) is 7.56. The number of aliphatic hydroxyl groups is 4. The van der Waals surface area contributed by atoms with E-state index in [2.05, 4.69) is 0 Å². The van der Waals surface area contributed by atoms with E-state index in [1.54, 1.807) is 0 Å². The number of aldehydes is 1. The van der Waals surface area contributed by atoms with Gasteiger partial charge in [0.1, 0.15) is 18.3 Å². The molecule has 0 rings (SSSR count). The molecule has 5 nitrogen and oxygen atoms in total. The predicted octanol–water partition coefficient (Wildman–Crippen LogP) is -1.93. The Morgan fingerprint density at radius 1 is 1.08 bits per heavy atom. The summed E-state index contributed by atoms with van der Waals surface area (Å²) in [7, 11) is 0. The van der Waals surface area contributed by atoms with Crippen molar-refractivity contribution in [2.75, 3.05) is 0 Å². The van der Waals surface area contributed by atoms with Gasteiger partial charge in [-0.1, -0.05) is 0 Å². The van der Waals surface area contributed by atoms with Crippen molar-refractivity contribution in [1.82, 2.24) is 0 Å². The van der Waals surface area contributed by atoms with Gasteiger partial charge in [-0.15, -0.1) is 12.4 Å². The molecule has 0 aliphatic heterocycles. The zero-order valence-electron chi connectivity index (χ0n) is 6.49. The second kappa shape index (κ2) is 6.33. The lowest BCUT2D eigenvalue weighted by atomic mass is 10.1. The van der Waals surface area contributed by atoms with Crippen molar-refractivity contribution in [2.24, 2.45) is 0 Å². The summed E-state index contributed by atoms with van der Waals surface area (Å²) in [6, 6.07) is 0. The Hall–Kier alpha value is -0.200. The fraction of sp³-hybridized carbons (Fsp3) is 0.833. The Morgan fingerprint density at radius 2 is 1.50 bits per heavy atom. The van der Waals surface area contributed by atoms with E-state index in [-0.39, 0.29) is 18.7 Å². The van der Waals surface area contributed by atoms with Crippen LogP contribution in [0.5, 0.6) is 0 Å². The lowest BCUT2D eigenvalue weighted by Gasteiger charge is -2.21. The molecule has 0 saturated heterocycles. The summed E-state index contributed by atoms with van der Waals surface area (Å²) in [4.78, 5) is 9.87. The minimum Gasteiger partial charge on any atom is -0.391 e. The molecule has 0 aromatic rings. The van der Waals surface area contributed by atoms with Crippen molar-refractivity contribution in [2.45, 2.75) is 31.3 Å². The second-order valence-corrected chi connectivity index (χ2v) is 2.35. The zero-order chi connectivity index (χ0) is 9.02.